The lowest BCUT2D eigenvalue weighted by atomic mass is 9.99. The summed E-state index contributed by atoms with van der Waals surface area (Å²) in [6, 6.07) is 20.6. The highest BCUT2D eigenvalue weighted by Crippen LogP contribution is 2.38. The lowest BCUT2D eigenvalue weighted by Crippen LogP contribution is -2.27. The molecule has 0 aliphatic carbocycles. The first-order valence-corrected chi connectivity index (χ1v) is 11.4. The Kier molecular flexibility index (Phi) is 6.05. The van der Waals surface area contributed by atoms with Crippen molar-refractivity contribution >= 4 is 15.7 Å². The van der Waals surface area contributed by atoms with E-state index in [1.54, 1.807) is 26.4 Å². The maximum absolute atomic E-state index is 13.6. The largest absolute Gasteiger partial charge is 0.497 e. The van der Waals surface area contributed by atoms with Crippen molar-refractivity contribution in [1.82, 2.24) is 4.41 Å². The van der Waals surface area contributed by atoms with E-state index in [9.17, 15) is 8.42 Å². The number of nitrogens with zero attached hydrogens (tertiary/aromatic N) is 2. The Morgan fingerprint density at radius 3 is 1.72 bits per heavy atom. The van der Waals surface area contributed by atoms with Crippen LogP contribution in [0, 0.1) is 0 Å². The quantitative estimate of drug-likeness (QED) is 0.536. The van der Waals surface area contributed by atoms with Crippen LogP contribution in [0.4, 0.5) is 0 Å². The molecule has 1 heterocycles. The highest BCUT2D eigenvalue weighted by molar-refractivity contribution is 7.89. The first-order valence-electron chi connectivity index (χ1n) is 10.0. The van der Waals surface area contributed by atoms with Crippen LogP contribution >= 0.6 is 0 Å². The summed E-state index contributed by atoms with van der Waals surface area (Å²) >= 11 is 0. The Hall–Kier alpha value is -3.52. The summed E-state index contributed by atoms with van der Waals surface area (Å²) in [5, 5.41) is 4.56. The second kappa shape index (κ2) is 8.92. The minimum atomic E-state index is -3.90. The first-order chi connectivity index (χ1) is 15.5. The van der Waals surface area contributed by atoms with Gasteiger partial charge in [-0.3, -0.25) is 0 Å². The summed E-state index contributed by atoms with van der Waals surface area (Å²) in [5.41, 5.74) is 2.36. The summed E-state index contributed by atoms with van der Waals surface area (Å²) in [4.78, 5) is 0.150. The van der Waals surface area contributed by atoms with Gasteiger partial charge in [-0.15, -0.1) is 0 Å². The topological polar surface area (TPSA) is 77.4 Å². The molecule has 1 aliphatic rings. The van der Waals surface area contributed by atoms with Crippen LogP contribution in [0.2, 0.25) is 0 Å². The molecule has 1 unspecified atom stereocenters. The Labute approximate surface area is 187 Å². The zero-order chi connectivity index (χ0) is 22.7. The van der Waals surface area contributed by atoms with E-state index in [0.717, 1.165) is 16.9 Å². The minimum Gasteiger partial charge on any atom is -0.497 e. The van der Waals surface area contributed by atoms with Crippen LogP contribution in [-0.4, -0.2) is 39.9 Å². The molecule has 0 saturated heterocycles. The third kappa shape index (κ3) is 4.13. The van der Waals surface area contributed by atoms with Crippen LogP contribution < -0.4 is 14.2 Å². The third-order valence-corrected chi connectivity index (χ3v) is 7.10. The van der Waals surface area contributed by atoms with Gasteiger partial charge in [0.15, 0.2) is 0 Å². The van der Waals surface area contributed by atoms with Crippen molar-refractivity contribution in [3.8, 4) is 17.2 Å². The summed E-state index contributed by atoms with van der Waals surface area (Å²) in [5.74, 6) is 2.01. The standard InChI is InChI=1S/C24H24N2O5S/c1-29-19-8-4-17(5-9-19)23-16-24(18-6-10-20(30-2)11-7-18)26(25-23)32(27,28)22-14-12-21(31-3)13-15-22/h4-15,24H,16H2,1-3H3. The number of benzene rings is 3. The molecular weight excluding hydrogens is 428 g/mol. The van der Waals surface area contributed by atoms with E-state index in [-0.39, 0.29) is 4.90 Å². The molecule has 32 heavy (non-hydrogen) atoms. The zero-order valence-corrected chi connectivity index (χ0v) is 18.9. The van der Waals surface area contributed by atoms with Crippen LogP contribution in [0.5, 0.6) is 17.2 Å². The van der Waals surface area contributed by atoms with Crippen molar-refractivity contribution in [2.75, 3.05) is 21.3 Å². The van der Waals surface area contributed by atoms with Gasteiger partial charge in [-0.05, 0) is 71.8 Å². The van der Waals surface area contributed by atoms with E-state index in [1.807, 2.05) is 48.5 Å². The molecule has 1 atom stereocenters. The number of rotatable bonds is 7. The van der Waals surface area contributed by atoms with Gasteiger partial charge < -0.3 is 14.2 Å². The molecule has 3 aromatic rings. The number of hydrogen-bond donors (Lipinski definition) is 0. The van der Waals surface area contributed by atoms with Gasteiger partial charge in [-0.1, -0.05) is 12.1 Å². The monoisotopic (exact) mass is 452 g/mol. The average Bonchev–Trinajstić information content (AvgIpc) is 3.30. The number of sulfonamides is 1. The van der Waals surface area contributed by atoms with Gasteiger partial charge in [-0.2, -0.15) is 17.9 Å². The van der Waals surface area contributed by atoms with Crippen molar-refractivity contribution in [1.29, 1.82) is 0 Å². The second-order valence-corrected chi connectivity index (χ2v) is 9.02. The van der Waals surface area contributed by atoms with Crippen molar-refractivity contribution in [3.05, 3.63) is 83.9 Å². The van der Waals surface area contributed by atoms with Crippen LogP contribution in [0.3, 0.4) is 0 Å². The number of ether oxygens (including phenoxy) is 3. The molecule has 0 saturated carbocycles. The van der Waals surface area contributed by atoms with Gasteiger partial charge >= 0.3 is 0 Å². The highest BCUT2D eigenvalue weighted by atomic mass is 32.2. The molecule has 0 radical (unpaired) electrons. The summed E-state index contributed by atoms with van der Waals surface area (Å²) in [7, 11) is 0.836. The molecular formula is C24H24N2O5S. The van der Waals surface area contributed by atoms with Gasteiger partial charge in [0, 0.05) is 6.42 Å². The fourth-order valence-electron chi connectivity index (χ4n) is 3.60. The summed E-state index contributed by atoms with van der Waals surface area (Å²) in [6.45, 7) is 0. The van der Waals surface area contributed by atoms with E-state index in [4.69, 9.17) is 14.2 Å². The molecule has 4 rings (SSSR count). The van der Waals surface area contributed by atoms with E-state index < -0.39 is 16.1 Å². The molecule has 166 valence electrons. The Morgan fingerprint density at radius 2 is 1.22 bits per heavy atom. The van der Waals surface area contributed by atoms with Crippen LogP contribution in [0.15, 0.2) is 82.8 Å². The van der Waals surface area contributed by atoms with E-state index in [2.05, 4.69) is 5.10 Å². The molecule has 1 aliphatic heterocycles. The number of hydrazone groups is 1. The fourth-order valence-corrected chi connectivity index (χ4v) is 5.03. The molecule has 0 aromatic heterocycles. The molecule has 3 aromatic carbocycles. The molecule has 0 spiro atoms. The predicted molar refractivity (Wildman–Crippen MR) is 122 cm³/mol. The molecule has 8 heteroatoms. The van der Waals surface area contributed by atoms with Gasteiger partial charge in [-0.25, -0.2) is 0 Å². The van der Waals surface area contributed by atoms with E-state index >= 15 is 0 Å². The van der Waals surface area contributed by atoms with Crippen LogP contribution in [-0.2, 0) is 10.0 Å². The second-order valence-electron chi connectivity index (χ2n) is 7.22. The van der Waals surface area contributed by atoms with E-state index in [0.29, 0.717) is 23.6 Å². The smallest absolute Gasteiger partial charge is 0.279 e. The predicted octanol–water partition coefficient (Wildman–Crippen LogP) is 4.25. The van der Waals surface area contributed by atoms with Crippen molar-refractivity contribution in [3.63, 3.8) is 0 Å². The maximum atomic E-state index is 13.6. The molecule has 0 N–H and O–H groups in total. The SMILES string of the molecule is COc1ccc(C2=NN(S(=O)(=O)c3ccc(OC)cc3)C(c3ccc(OC)cc3)C2)cc1. The van der Waals surface area contributed by atoms with Crippen LogP contribution in [0.25, 0.3) is 0 Å². The van der Waals surface area contributed by atoms with Crippen molar-refractivity contribution < 1.29 is 22.6 Å². The average molecular weight is 453 g/mol. The summed E-state index contributed by atoms with van der Waals surface area (Å²) in [6.07, 6.45) is 0.439. The Balaban J connectivity index is 1.75. The zero-order valence-electron chi connectivity index (χ0n) is 18.1. The minimum absolute atomic E-state index is 0.150. The Morgan fingerprint density at radius 1 is 0.750 bits per heavy atom. The molecule has 0 fully saturated rings. The van der Waals surface area contributed by atoms with Gasteiger partial charge in [0.05, 0.1) is 38.0 Å². The van der Waals surface area contributed by atoms with Gasteiger partial charge in [0.2, 0.25) is 0 Å². The lowest BCUT2D eigenvalue weighted by Gasteiger charge is -2.23. The lowest BCUT2D eigenvalue weighted by molar-refractivity contribution is 0.370. The molecule has 0 amide bonds. The number of hydrogen-bond acceptors (Lipinski definition) is 6. The van der Waals surface area contributed by atoms with Gasteiger partial charge in [0.1, 0.15) is 17.2 Å². The normalized spacial score (nSPS) is 15.9. The van der Waals surface area contributed by atoms with E-state index in [1.165, 1.54) is 23.7 Å². The maximum Gasteiger partial charge on any atom is 0.279 e. The first kappa shape index (κ1) is 21.7. The van der Waals surface area contributed by atoms with Crippen LogP contribution in [0.1, 0.15) is 23.6 Å². The molecule has 7 nitrogen and oxygen atoms in total. The fraction of sp³-hybridized carbons (Fsp3) is 0.208. The van der Waals surface area contributed by atoms with Crippen molar-refractivity contribution in [2.24, 2.45) is 5.10 Å². The number of methoxy groups -OCH3 is 3. The highest BCUT2D eigenvalue weighted by Gasteiger charge is 2.37. The Bertz CT molecular complexity index is 1200. The summed E-state index contributed by atoms with van der Waals surface area (Å²) < 4.78 is 43.9. The van der Waals surface area contributed by atoms with Crippen molar-refractivity contribution in [2.45, 2.75) is 17.4 Å². The third-order valence-electron chi connectivity index (χ3n) is 5.40. The molecule has 0 bridgehead atoms. The van der Waals surface area contributed by atoms with Gasteiger partial charge in [0.25, 0.3) is 10.0 Å².